The summed E-state index contributed by atoms with van der Waals surface area (Å²) in [6.07, 6.45) is 1.54. The van der Waals surface area contributed by atoms with E-state index in [1.807, 2.05) is 50.2 Å². The van der Waals surface area contributed by atoms with Gasteiger partial charge >= 0.3 is 0 Å². The van der Waals surface area contributed by atoms with Crippen LogP contribution in [0.5, 0.6) is 5.75 Å². The maximum Gasteiger partial charge on any atom is 0.259 e. The molecule has 7 heteroatoms. The average Bonchev–Trinajstić information content (AvgIpc) is 3.11. The smallest absolute Gasteiger partial charge is 0.259 e. The van der Waals surface area contributed by atoms with Crippen molar-refractivity contribution in [2.24, 2.45) is 0 Å². The van der Waals surface area contributed by atoms with Crippen LogP contribution in [0.25, 0.3) is 16.7 Å². The second kappa shape index (κ2) is 7.56. The number of halogens is 1. The molecule has 0 fully saturated rings. The van der Waals surface area contributed by atoms with Crippen LogP contribution in [-0.4, -0.2) is 27.8 Å². The van der Waals surface area contributed by atoms with Crippen LogP contribution >= 0.6 is 11.6 Å². The molecule has 0 saturated carbocycles. The number of hydrogen-bond donors (Lipinski definition) is 1. The molecule has 1 N–H and O–H groups in total. The summed E-state index contributed by atoms with van der Waals surface area (Å²) in [5, 5.41) is 8.88. The highest BCUT2D eigenvalue weighted by atomic mass is 35.5. The van der Waals surface area contributed by atoms with Gasteiger partial charge in [-0.1, -0.05) is 29.8 Å². The van der Waals surface area contributed by atoms with Crippen molar-refractivity contribution in [2.75, 3.05) is 12.4 Å². The normalized spacial score (nSPS) is 10.9. The van der Waals surface area contributed by atoms with Crippen LogP contribution in [0.2, 0.25) is 5.02 Å². The highest BCUT2D eigenvalue weighted by molar-refractivity contribution is 6.31. The Hall–Kier alpha value is -3.38. The van der Waals surface area contributed by atoms with Crippen LogP contribution < -0.4 is 10.1 Å². The number of methoxy groups -OCH3 is 1. The first-order valence-corrected chi connectivity index (χ1v) is 9.42. The summed E-state index contributed by atoms with van der Waals surface area (Å²) in [4.78, 5) is 17.5. The third-order valence-electron chi connectivity index (χ3n) is 4.78. The van der Waals surface area contributed by atoms with Gasteiger partial charge in [0.15, 0.2) is 5.82 Å². The molecule has 0 aliphatic heterocycles. The number of amides is 1. The van der Waals surface area contributed by atoms with Crippen LogP contribution in [0, 0.1) is 13.8 Å². The number of fused-ring (bicyclic) bond motifs is 1. The van der Waals surface area contributed by atoms with E-state index in [0.29, 0.717) is 33.5 Å². The van der Waals surface area contributed by atoms with Gasteiger partial charge in [0.2, 0.25) is 0 Å². The molecule has 2 aromatic carbocycles. The number of nitrogens with one attached hydrogen (secondary N) is 1. The Bertz CT molecular complexity index is 1230. The summed E-state index contributed by atoms with van der Waals surface area (Å²) in [6.45, 7) is 3.70. The number of carbonyl (C=O) groups is 1. The number of benzene rings is 2. The van der Waals surface area contributed by atoms with Gasteiger partial charge in [0.1, 0.15) is 5.75 Å². The molecule has 0 aliphatic rings. The minimum absolute atomic E-state index is 0.283. The zero-order valence-corrected chi connectivity index (χ0v) is 17.0. The number of hydrogen-bond acceptors (Lipinski definition) is 4. The van der Waals surface area contributed by atoms with Crippen LogP contribution in [0.1, 0.15) is 21.6 Å². The van der Waals surface area contributed by atoms with Gasteiger partial charge in [-0.2, -0.15) is 5.10 Å². The lowest BCUT2D eigenvalue weighted by atomic mass is 10.2. The zero-order chi connectivity index (χ0) is 20.5. The number of anilines is 1. The van der Waals surface area contributed by atoms with E-state index in [0.717, 1.165) is 16.5 Å². The fraction of sp³-hybridized carbons (Fsp3) is 0.136. The van der Waals surface area contributed by atoms with Gasteiger partial charge < -0.3 is 10.1 Å². The van der Waals surface area contributed by atoms with E-state index in [1.165, 1.54) is 13.3 Å². The molecule has 0 atom stereocenters. The predicted octanol–water partition coefficient (Wildman–Crippen LogP) is 4.95. The monoisotopic (exact) mass is 406 g/mol. The highest BCUT2D eigenvalue weighted by Gasteiger charge is 2.18. The Kier molecular flexibility index (Phi) is 4.94. The lowest BCUT2D eigenvalue weighted by Gasteiger charge is -2.12. The molecule has 0 radical (unpaired) electrons. The zero-order valence-electron chi connectivity index (χ0n) is 16.2. The molecule has 4 rings (SSSR count). The molecule has 2 heterocycles. The van der Waals surface area contributed by atoms with Crippen molar-refractivity contribution in [3.05, 3.63) is 76.6 Å². The van der Waals surface area contributed by atoms with Crippen molar-refractivity contribution < 1.29 is 9.53 Å². The summed E-state index contributed by atoms with van der Waals surface area (Å²) in [6, 6.07) is 15.2. The van der Waals surface area contributed by atoms with Gasteiger partial charge in [0.25, 0.3) is 5.91 Å². The number of rotatable bonds is 4. The number of carbonyl (C=O) groups excluding carboxylic acids is 1. The molecule has 0 bridgehead atoms. The SMILES string of the molecule is COc1cc(Cl)c(C)cc1NC(=O)c1cnn(-c2ccc3ccccc3n2)c1C. The molecule has 29 heavy (non-hydrogen) atoms. The molecule has 0 spiro atoms. The van der Waals surface area contributed by atoms with Crippen molar-refractivity contribution in [3.8, 4) is 11.6 Å². The summed E-state index contributed by atoms with van der Waals surface area (Å²) in [7, 11) is 1.53. The van der Waals surface area contributed by atoms with Gasteiger partial charge in [-0.25, -0.2) is 9.67 Å². The number of aromatic nitrogens is 3. The summed E-state index contributed by atoms with van der Waals surface area (Å²) >= 11 is 6.14. The first-order chi connectivity index (χ1) is 14.0. The average molecular weight is 407 g/mol. The van der Waals surface area contributed by atoms with Gasteiger partial charge in [-0.3, -0.25) is 4.79 Å². The summed E-state index contributed by atoms with van der Waals surface area (Å²) in [5.74, 6) is 0.866. The fourth-order valence-corrected chi connectivity index (χ4v) is 3.31. The summed E-state index contributed by atoms with van der Waals surface area (Å²) < 4.78 is 6.99. The first-order valence-electron chi connectivity index (χ1n) is 9.04. The number of aryl methyl sites for hydroxylation is 1. The topological polar surface area (TPSA) is 69.0 Å². The number of para-hydroxylation sites is 1. The molecular formula is C22H19ClN4O2. The van der Waals surface area contributed by atoms with E-state index in [2.05, 4.69) is 15.4 Å². The number of ether oxygens (including phenoxy) is 1. The van der Waals surface area contributed by atoms with Crippen LogP contribution in [0.15, 0.2) is 54.7 Å². The second-order valence-electron chi connectivity index (χ2n) is 6.67. The van der Waals surface area contributed by atoms with E-state index in [-0.39, 0.29) is 5.91 Å². The minimum atomic E-state index is -0.283. The van der Waals surface area contributed by atoms with Crippen molar-refractivity contribution in [3.63, 3.8) is 0 Å². The van der Waals surface area contributed by atoms with E-state index < -0.39 is 0 Å². The van der Waals surface area contributed by atoms with Crippen LogP contribution in [-0.2, 0) is 0 Å². The maximum atomic E-state index is 12.9. The molecule has 0 aliphatic carbocycles. The highest BCUT2D eigenvalue weighted by Crippen LogP contribution is 2.31. The Morgan fingerprint density at radius 2 is 1.93 bits per heavy atom. The molecule has 6 nitrogen and oxygen atoms in total. The summed E-state index contributed by atoms with van der Waals surface area (Å²) in [5.41, 5.74) is 3.41. The van der Waals surface area contributed by atoms with Crippen molar-refractivity contribution in [2.45, 2.75) is 13.8 Å². The number of nitrogens with zero attached hydrogens (tertiary/aromatic N) is 3. The Labute approximate surface area is 173 Å². The Morgan fingerprint density at radius 3 is 2.72 bits per heavy atom. The lowest BCUT2D eigenvalue weighted by molar-refractivity contribution is 0.102. The molecule has 0 unspecified atom stereocenters. The van der Waals surface area contributed by atoms with Gasteiger partial charge in [-0.05, 0) is 43.7 Å². The third-order valence-corrected chi connectivity index (χ3v) is 5.19. The lowest BCUT2D eigenvalue weighted by Crippen LogP contribution is -2.14. The van der Waals surface area contributed by atoms with E-state index in [1.54, 1.807) is 16.8 Å². The van der Waals surface area contributed by atoms with Crippen molar-refractivity contribution >= 4 is 34.1 Å². The fourth-order valence-electron chi connectivity index (χ4n) is 3.16. The molecule has 0 saturated heterocycles. The second-order valence-corrected chi connectivity index (χ2v) is 7.08. The maximum absolute atomic E-state index is 12.9. The molecular weight excluding hydrogens is 388 g/mol. The molecule has 2 aromatic heterocycles. The van der Waals surface area contributed by atoms with Gasteiger partial charge in [0.05, 0.1) is 35.8 Å². The quantitative estimate of drug-likeness (QED) is 0.520. The van der Waals surface area contributed by atoms with Crippen LogP contribution in [0.4, 0.5) is 5.69 Å². The number of pyridine rings is 1. The standard InChI is InChI=1S/C22H19ClN4O2/c1-13-10-19(20(29-3)11-17(13)23)26-22(28)16-12-24-27(14(16)2)21-9-8-15-6-4-5-7-18(15)25-21/h4-12H,1-3H3,(H,26,28). The van der Waals surface area contributed by atoms with E-state index in [9.17, 15) is 4.79 Å². The minimum Gasteiger partial charge on any atom is -0.495 e. The van der Waals surface area contributed by atoms with Crippen molar-refractivity contribution in [1.82, 2.24) is 14.8 Å². The first kappa shape index (κ1) is 19.0. The van der Waals surface area contributed by atoms with Crippen molar-refractivity contribution in [1.29, 1.82) is 0 Å². The van der Waals surface area contributed by atoms with Gasteiger partial charge in [-0.15, -0.1) is 0 Å². The molecule has 1 amide bonds. The van der Waals surface area contributed by atoms with Crippen LogP contribution in [0.3, 0.4) is 0 Å². The Morgan fingerprint density at radius 1 is 1.14 bits per heavy atom. The molecule has 4 aromatic rings. The van der Waals surface area contributed by atoms with E-state index in [4.69, 9.17) is 16.3 Å². The predicted molar refractivity (Wildman–Crippen MR) is 114 cm³/mol. The molecule has 146 valence electrons. The van der Waals surface area contributed by atoms with E-state index >= 15 is 0 Å². The third kappa shape index (κ3) is 3.54. The Balaban J connectivity index is 1.66. The van der Waals surface area contributed by atoms with Gasteiger partial charge in [0, 0.05) is 16.5 Å². The largest absolute Gasteiger partial charge is 0.495 e.